The van der Waals surface area contributed by atoms with Crippen LogP contribution in [0.1, 0.15) is 43.5 Å². The summed E-state index contributed by atoms with van der Waals surface area (Å²) in [6, 6.07) is 8.93. The molecule has 0 unspecified atom stereocenters. The molecule has 3 rings (SSSR count). The molecule has 1 aliphatic heterocycles. The number of hydrogen-bond acceptors (Lipinski definition) is 5. The molecule has 184 valence electrons. The van der Waals surface area contributed by atoms with Crippen molar-refractivity contribution in [1.29, 1.82) is 0 Å². The van der Waals surface area contributed by atoms with Gasteiger partial charge in [0.05, 0.1) is 13.2 Å². The van der Waals surface area contributed by atoms with Crippen molar-refractivity contribution in [2.45, 2.75) is 46.1 Å². The summed E-state index contributed by atoms with van der Waals surface area (Å²) in [5.74, 6) is 2.55. The molecule has 0 amide bonds. The van der Waals surface area contributed by atoms with Crippen molar-refractivity contribution in [3.63, 3.8) is 0 Å². The van der Waals surface area contributed by atoms with Gasteiger partial charge in [0.15, 0.2) is 11.8 Å². The minimum atomic E-state index is -0.0275. The van der Waals surface area contributed by atoms with Gasteiger partial charge in [-0.15, -0.1) is 34.2 Å². The molecule has 0 bridgehead atoms. The molecule has 1 fully saturated rings. The Morgan fingerprint density at radius 3 is 2.42 bits per heavy atom. The molecule has 9 heteroatoms. The predicted octanol–water partition coefficient (Wildman–Crippen LogP) is 2.65. The molecule has 0 radical (unpaired) electrons. The third kappa shape index (κ3) is 8.22. The van der Waals surface area contributed by atoms with Gasteiger partial charge < -0.3 is 19.9 Å². The van der Waals surface area contributed by atoms with E-state index in [1.165, 1.54) is 11.1 Å². The van der Waals surface area contributed by atoms with Crippen LogP contribution in [0.15, 0.2) is 29.3 Å². The Hall–Kier alpha value is -1.72. The van der Waals surface area contributed by atoms with Gasteiger partial charge in [-0.3, -0.25) is 4.90 Å². The van der Waals surface area contributed by atoms with Gasteiger partial charge >= 0.3 is 0 Å². The van der Waals surface area contributed by atoms with Gasteiger partial charge in [0.25, 0.3) is 0 Å². The van der Waals surface area contributed by atoms with Crippen LogP contribution in [-0.2, 0) is 30.2 Å². The molecular weight excluding hydrogens is 529 g/mol. The largest absolute Gasteiger partial charge is 0.379 e. The van der Waals surface area contributed by atoms with Gasteiger partial charge in [0, 0.05) is 45.2 Å². The third-order valence-corrected chi connectivity index (χ3v) is 6.23. The normalized spacial score (nSPS) is 15.2. The summed E-state index contributed by atoms with van der Waals surface area (Å²) in [5, 5.41) is 15.4. The van der Waals surface area contributed by atoms with Crippen molar-refractivity contribution in [1.82, 2.24) is 30.3 Å². The highest BCUT2D eigenvalue weighted by atomic mass is 127. The second-order valence-corrected chi connectivity index (χ2v) is 9.06. The molecule has 0 spiro atoms. The van der Waals surface area contributed by atoms with Crippen LogP contribution in [0.2, 0.25) is 0 Å². The van der Waals surface area contributed by atoms with Gasteiger partial charge in [0.1, 0.15) is 12.4 Å². The van der Waals surface area contributed by atoms with Crippen molar-refractivity contribution < 1.29 is 4.74 Å². The van der Waals surface area contributed by atoms with Crippen LogP contribution < -0.4 is 10.6 Å². The van der Waals surface area contributed by atoms with E-state index in [-0.39, 0.29) is 29.4 Å². The van der Waals surface area contributed by atoms with Gasteiger partial charge in [-0.1, -0.05) is 45.0 Å². The molecule has 33 heavy (non-hydrogen) atoms. The van der Waals surface area contributed by atoms with Crippen molar-refractivity contribution in [3.8, 4) is 0 Å². The lowest BCUT2D eigenvalue weighted by atomic mass is 9.84. The summed E-state index contributed by atoms with van der Waals surface area (Å²) < 4.78 is 7.43. The molecule has 8 nitrogen and oxygen atoms in total. The summed E-state index contributed by atoms with van der Waals surface area (Å²) >= 11 is 0. The first-order valence-corrected chi connectivity index (χ1v) is 11.7. The smallest absolute Gasteiger partial charge is 0.191 e. The average Bonchev–Trinajstić information content (AvgIpc) is 3.13. The molecular formula is C24H40IN7O. The highest BCUT2D eigenvalue weighted by molar-refractivity contribution is 14.0. The SMILES string of the molecule is CCc1ccc(C(C)(C)CNC(=NCc2nnc(C)n2C)NCCN2CCOCC2)cc1.I. The maximum atomic E-state index is 5.45. The Balaban J connectivity index is 0.00000385. The summed E-state index contributed by atoms with van der Waals surface area (Å²) in [6.45, 7) is 15.3. The first kappa shape index (κ1) is 27.5. The fourth-order valence-corrected chi connectivity index (χ4v) is 3.67. The third-order valence-electron chi connectivity index (χ3n) is 6.23. The second-order valence-electron chi connectivity index (χ2n) is 9.06. The zero-order valence-electron chi connectivity index (χ0n) is 20.7. The fourth-order valence-electron chi connectivity index (χ4n) is 3.67. The Kier molecular flexibility index (Phi) is 11.0. The van der Waals surface area contributed by atoms with Gasteiger partial charge in [0.2, 0.25) is 0 Å². The summed E-state index contributed by atoms with van der Waals surface area (Å²) in [6.07, 6.45) is 1.06. The first-order valence-electron chi connectivity index (χ1n) is 11.7. The zero-order chi connectivity index (χ0) is 23.0. The average molecular weight is 570 g/mol. The number of morpholine rings is 1. The molecule has 0 saturated carbocycles. The molecule has 2 N–H and O–H groups in total. The maximum Gasteiger partial charge on any atom is 0.191 e. The van der Waals surface area contributed by atoms with E-state index in [1.54, 1.807) is 0 Å². The summed E-state index contributed by atoms with van der Waals surface area (Å²) in [4.78, 5) is 7.22. The lowest BCUT2D eigenvalue weighted by Crippen LogP contribution is -2.47. The molecule has 0 aliphatic carbocycles. The van der Waals surface area contributed by atoms with E-state index < -0.39 is 0 Å². The quantitative estimate of drug-likeness (QED) is 0.275. The van der Waals surface area contributed by atoms with Crippen molar-refractivity contribution >= 4 is 29.9 Å². The lowest BCUT2D eigenvalue weighted by molar-refractivity contribution is 0.0389. The van der Waals surface area contributed by atoms with Crippen LogP contribution in [0.4, 0.5) is 0 Å². The number of aliphatic imine (C=N–C) groups is 1. The van der Waals surface area contributed by atoms with Crippen LogP contribution >= 0.6 is 24.0 Å². The van der Waals surface area contributed by atoms with Crippen LogP contribution in [-0.4, -0.2) is 71.6 Å². The first-order chi connectivity index (χ1) is 15.4. The van der Waals surface area contributed by atoms with Crippen LogP contribution in [0.3, 0.4) is 0 Å². The van der Waals surface area contributed by atoms with E-state index in [1.807, 2.05) is 18.5 Å². The lowest BCUT2D eigenvalue weighted by Gasteiger charge is -2.28. The fraction of sp³-hybridized carbons (Fsp3) is 0.625. The Labute approximate surface area is 215 Å². The molecule has 1 aromatic heterocycles. The monoisotopic (exact) mass is 569 g/mol. The van der Waals surface area contributed by atoms with E-state index in [9.17, 15) is 0 Å². The number of nitrogens with one attached hydrogen (secondary N) is 2. The molecule has 0 atom stereocenters. The van der Waals surface area contributed by atoms with E-state index in [4.69, 9.17) is 9.73 Å². The Morgan fingerprint density at radius 1 is 1.12 bits per heavy atom. The molecule has 1 aliphatic rings. The van der Waals surface area contributed by atoms with Gasteiger partial charge in [-0.2, -0.15) is 0 Å². The number of guanidine groups is 1. The highest BCUT2D eigenvalue weighted by Gasteiger charge is 2.21. The number of aryl methyl sites for hydroxylation is 2. The number of rotatable bonds is 9. The Morgan fingerprint density at radius 2 is 1.82 bits per heavy atom. The molecule has 1 aromatic carbocycles. The van der Waals surface area contributed by atoms with Crippen LogP contribution in [0.5, 0.6) is 0 Å². The zero-order valence-corrected chi connectivity index (χ0v) is 23.1. The topological polar surface area (TPSA) is 79.6 Å². The number of nitrogens with zero attached hydrogens (tertiary/aromatic N) is 5. The van der Waals surface area contributed by atoms with E-state index in [0.29, 0.717) is 6.54 Å². The molecule has 1 saturated heterocycles. The second kappa shape index (κ2) is 13.2. The highest BCUT2D eigenvalue weighted by Crippen LogP contribution is 2.22. The molecule has 2 aromatic rings. The summed E-state index contributed by atoms with van der Waals surface area (Å²) in [5.41, 5.74) is 2.66. The van der Waals surface area contributed by atoms with Crippen molar-refractivity contribution in [3.05, 3.63) is 47.0 Å². The number of ether oxygens (including phenoxy) is 1. The standard InChI is InChI=1S/C24H39N7O.HI/c1-6-20-7-9-21(10-8-20)24(3,4)18-27-23(25-11-12-31-13-15-32-16-14-31)26-17-22-29-28-19(2)30(22)5;/h7-10H,6,11-18H2,1-5H3,(H2,25,26,27);1H. The minimum absolute atomic E-state index is 0. The number of hydrogen-bond donors (Lipinski definition) is 2. The maximum absolute atomic E-state index is 5.45. The summed E-state index contributed by atoms with van der Waals surface area (Å²) in [7, 11) is 1.97. The van der Waals surface area contributed by atoms with Crippen molar-refractivity contribution in [2.75, 3.05) is 45.9 Å². The predicted molar refractivity (Wildman–Crippen MR) is 144 cm³/mol. The Bertz CT molecular complexity index is 873. The van der Waals surface area contributed by atoms with Crippen LogP contribution in [0, 0.1) is 6.92 Å². The van der Waals surface area contributed by atoms with E-state index in [2.05, 4.69) is 70.8 Å². The van der Waals surface area contributed by atoms with E-state index >= 15 is 0 Å². The number of aromatic nitrogens is 3. The minimum Gasteiger partial charge on any atom is -0.379 e. The van der Waals surface area contributed by atoms with Gasteiger partial charge in [-0.05, 0) is 24.5 Å². The van der Waals surface area contributed by atoms with E-state index in [0.717, 1.165) is 70.0 Å². The van der Waals surface area contributed by atoms with Gasteiger partial charge in [-0.25, -0.2) is 4.99 Å². The number of benzene rings is 1. The van der Waals surface area contributed by atoms with Crippen molar-refractivity contribution in [2.24, 2.45) is 12.0 Å². The van der Waals surface area contributed by atoms with Crippen LogP contribution in [0.25, 0.3) is 0 Å². The number of halogens is 1. The molecule has 2 heterocycles.